The number of hydrogen-bond acceptors (Lipinski definition) is 4. The molecule has 130 valence electrons. The normalized spacial score (nSPS) is 24.9. The standard InChI is InChI=1S/C16H18Cl2N2O4/c1-16(9-2-3-9)14(22)20(15(23)19-16)7-11(21)8-24-13-6-10(17)4-5-12(13)18/h4-6,9,11,21H,2-3,7-8H2,1H3,(H,19,23)/t11-,16+/m0/s1. The fraction of sp³-hybridized carbons (Fsp3) is 0.500. The summed E-state index contributed by atoms with van der Waals surface area (Å²) in [7, 11) is 0. The van der Waals surface area contributed by atoms with Crippen molar-refractivity contribution in [3.63, 3.8) is 0 Å². The van der Waals surface area contributed by atoms with E-state index in [9.17, 15) is 14.7 Å². The first-order valence-electron chi connectivity index (χ1n) is 7.71. The highest BCUT2D eigenvalue weighted by Crippen LogP contribution is 2.42. The van der Waals surface area contributed by atoms with Crippen LogP contribution >= 0.6 is 23.2 Å². The Kier molecular flexibility index (Phi) is 4.64. The maximum atomic E-state index is 12.5. The van der Waals surface area contributed by atoms with Gasteiger partial charge in [-0.3, -0.25) is 9.69 Å². The largest absolute Gasteiger partial charge is 0.489 e. The number of nitrogens with zero attached hydrogens (tertiary/aromatic N) is 1. The van der Waals surface area contributed by atoms with Crippen molar-refractivity contribution in [1.29, 1.82) is 0 Å². The topological polar surface area (TPSA) is 78.9 Å². The Morgan fingerprint density at radius 2 is 2.12 bits per heavy atom. The molecule has 1 saturated carbocycles. The summed E-state index contributed by atoms with van der Waals surface area (Å²) in [6.07, 6.45) is 0.821. The first kappa shape index (κ1) is 17.3. The van der Waals surface area contributed by atoms with Crippen molar-refractivity contribution in [3.05, 3.63) is 28.2 Å². The van der Waals surface area contributed by atoms with Gasteiger partial charge in [0.2, 0.25) is 0 Å². The van der Waals surface area contributed by atoms with E-state index >= 15 is 0 Å². The van der Waals surface area contributed by atoms with Crippen molar-refractivity contribution in [1.82, 2.24) is 10.2 Å². The van der Waals surface area contributed by atoms with Crippen LogP contribution in [0.1, 0.15) is 19.8 Å². The van der Waals surface area contributed by atoms with Gasteiger partial charge in [0.25, 0.3) is 5.91 Å². The molecule has 0 radical (unpaired) electrons. The number of β-amino-alcohol motifs (C(OH)–C–C–N with tert-alkyl or cyclic N) is 1. The van der Waals surface area contributed by atoms with Crippen LogP contribution in [0.2, 0.25) is 10.0 Å². The molecule has 2 N–H and O–H groups in total. The summed E-state index contributed by atoms with van der Waals surface area (Å²) in [6.45, 7) is 1.49. The fourth-order valence-corrected chi connectivity index (χ4v) is 3.19. The van der Waals surface area contributed by atoms with E-state index in [-0.39, 0.29) is 25.0 Å². The molecule has 0 unspecified atom stereocenters. The second kappa shape index (κ2) is 6.43. The van der Waals surface area contributed by atoms with E-state index in [4.69, 9.17) is 27.9 Å². The average molecular weight is 373 g/mol. The Balaban J connectivity index is 1.58. The third kappa shape index (κ3) is 3.31. The summed E-state index contributed by atoms with van der Waals surface area (Å²) in [5.74, 6) is 0.218. The van der Waals surface area contributed by atoms with Gasteiger partial charge < -0.3 is 15.2 Å². The highest BCUT2D eigenvalue weighted by Gasteiger charge is 2.56. The Bertz CT molecular complexity index is 680. The van der Waals surface area contributed by atoms with Crippen LogP contribution in [0.3, 0.4) is 0 Å². The number of benzene rings is 1. The molecule has 3 rings (SSSR count). The molecule has 1 aromatic carbocycles. The zero-order chi connectivity index (χ0) is 17.5. The maximum absolute atomic E-state index is 12.5. The Labute approximate surface area is 149 Å². The molecule has 24 heavy (non-hydrogen) atoms. The van der Waals surface area contributed by atoms with Crippen molar-refractivity contribution in [2.24, 2.45) is 5.92 Å². The molecule has 8 heteroatoms. The van der Waals surface area contributed by atoms with Crippen LogP contribution in [0, 0.1) is 5.92 Å². The van der Waals surface area contributed by atoms with Crippen LogP contribution < -0.4 is 10.1 Å². The number of aliphatic hydroxyl groups excluding tert-OH is 1. The molecule has 3 amide bonds. The number of carbonyl (C=O) groups excluding carboxylic acids is 2. The molecule has 0 spiro atoms. The summed E-state index contributed by atoms with van der Waals surface area (Å²) in [5, 5.41) is 13.7. The van der Waals surface area contributed by atoms with Crippen LogP contribution in [0.5, 0.6) is 5.75 Å². The van der Waals surface area contributed by atoms with Gasteiger partial charge in [0, 0.05) is 11.1 Å². The maximum Gasteiger partial charge on any atom is 0.325 e. The molecular formula is C16H18Cl2N2O4. The van der Waals surface area contributed by atoms with E-state index in [1.165, 1.54) is 6.07 Å². The fourth-order valence-electron chi connectivity index (χ4n) is 2.86. The summed E-state index contributed by atoms with van der Waals surface area (Å²) in [6, 6.07) is 4.27. The van der Waals surface area contributed by atoms with Crippen molar-refractivity contribution in [2.45, 2.75) is 31.4 Å². The van der Waals surface area contributed by atoms with Gasteiger partial charge in [-0.05, 0) is 37.8 Å². The molecule has 1 aromatic rings. The molecule has 2 aliphatic rings. The van der Waals surface area contributed by atoms with Crippen LogP contribution in [0.25, 0.3) is 0 Å². The molecule has 1 aliphatic carbocycles. The minimum Gasteiger partial charge on any atom is -0.489 e. The highest BCUT2D eigenvalue weighted by molar-refractivity contribution is 6.34. The molecule has 2 atom stereocenters. The van der Waals surface area contributed by atoms with Crippen molar-refractivity contribution in [2.75, 3.05) is 13.2 Å². The van der Waals surface area contributed by atoms with E-state index in [0.717, 1.165) is 17.7 Å². The third-order valence-electron chi connectivity index (χ3n) is 4.41. The number of hydrogen-bond donors (Lipinski definition) is 2. The molecule has 0 aromatic heterocycles. The predicted octanol–water partition coefficient (Wildman–Crippen LogP) is 2.45. The number of halogens is 2. The van der Waals surface area contributed by atoms with E-state index in [0.29, 0.717) is 15.8 Å². The summed E-state index contributed by atoms with van der Waals surface area (Å²) < 4.78 is 5.44. The Morgan fingerprint density at radius 1 is 1.42 bits per heavy atom. The first-order valence-corrected chi connectivity index (χ1v) is 8.47. The predicted molar refractivity (Wildman–Crippen MR) is 89.3 cm³/mol. The minimum atomic E-state index is -1.03. The van der Waals surface area contributed by atoms with Crippen LogP contribution in [0.15, 0.2) is 18.2 Å². The molecule has 6 nitrogen and oxygen atoms in total. The van der Waals surface area contributed by atoms with Gasteiger partial charge in [0.05, 0.1) is 11.6 Å². The lowest BCUT2D eigenvalue weighted by molar-refractivity contribution is -0.132. The zero-order valence-corrected chi connectivity index (χ0v) is 14.6. The number of rotatable bonds is 6. The van der Waals surface area contributed by atoms with Crippen molar-refractivity contribution in [3.8, 4) is 5.75 Å². The van der Waals surface area contributed by atoms with Gasteiger partial charge in [-0.2, -0.15) is 0 Å². The van der Waals surface area contributed by atoms with Gasteiger partial charge in [0.1, 0.15) is 24.0 Å². The monoisotopic (exact) mass is 372 g/mol. The van der Waals surface area contributed by atoms with E-state index in [2.05, 4.69) is 5.32 Å². The van der Waals surface area contributed by atoms with Crippen molar-refractivity contribution < 1.29 is 19.4 Å². The van der Waals surface area contributed by atoms with Crippen LogP contribution in [-0.2, 0) is 4.79 Å². The van der Waals surface area contributed by atoms with Crippen LogP contribution in [0.4, 0.5) is 4.79 Å². The lowest BCUT2D eigenvalue weighted by Crippen LogP contribution is -2.46. The minimum absolute atomic E-state index is 0.114. The number of nitrogens with one attached hydrogen (secondary N) is 1. The summed E-state index contributed by atoms with van der Waals surface area (Å²) in [4.78, 5) is 25.6. The smallest absolute Gasteiger partial charge is 0.325 e. The van der Waals surface area contributed by atoms with E-state index in [1.807, 2.05) is 0 Å². The molecule has 2 fully saturated rings. The zero-order valence-electron chi connectivity index (χ0n) is 13.1. The number of urea groups is 1. The van der Waals surface area contributed by atoms with Gasteiger partial charge in [-0.15, -0.1) is 0 Å². The first-order chi connectivity index (χ1) is 11.3. The number of ether oxygens (including phenoxy) is 1. The van der Waals surface area contributed by atoms with Crippen LogP contribution in [-0.4, -0.2) is 46.7 Å². The van der Waals surface area contributed by atoms with Gasteiger partial charge in [-0.25, -0.2) is 4.79 Å². The molecule has 0 bridgehead atoms. The molecule has 1 aliphatic heterocycles. The van der Waals surface area contributed by atoms with Gasteiger partial charge in [-0.1, -0.05) is 23.2 Å². The number of aliphatic hydroxyl groups is 1. The molecule has 1 saturated heterocycles. The summed E-state index contributed by atoms with van der Waals surface area (Å²) in [5.41, 5.74) is -0.853. The highest BCUT2D eigenvalue weighted by atomic mass is 35.5. The third-order valence-corrected chi connectivity index (χ3v) is 4.96. The SMILES string of the molecule is C[C@]1(C2CC2)NC(=O)N(C[C@H](O)COc2cc(Cl)ccc2Cl)C1=O. The van der Waals surface area contributed by atoms with E-state index in [1.54, 1.807) is 19.1 Å². The lowest BCUT2D eigenvalue weighted by Gasteiger charge is -2.22. The van der Waals surface area contributed by atoms with Gasteiger partial charge in [0.15, 0.2) is 0 Å². The average Bonchev–Trinajstić information content (AvgIpc) is 3.34. The Hall–Kier alpha value is -1.50. The second-order valence-corrected chi connectivity index (χ2v) is 7.21. The number of carbonyl (C=O) groups is 2. The lowest BCUT2D eigenvalue weighted by atomic mass is 9.96. The van der Waals surface area contributed by atoms with Gasteiger partial charge >= 0.3 is 6.03 Å². The second-order valence-electron chi connectivity index (χ2n) is 6.36. The molecular weight excluding hydrogens is 355 g/mol. The Morgan fingerprint density at radius 3 is 2.79 bits per heavy atom. The quantitative estimate of drug-likeness (QED) is 0.751. The number of amides is 3. The summed E-state index contributed by atoms with van der Waals surface area (Å²) >= 11 is 11.8. The molecule has 1 heterocycles. The van der Waals surface area contributed by atoms with E-state index < -0.39 is 17.7 Å². The number of imide groups is 1. The van der Waals surface area contributed by atoms with Crippen molar-refractivity contribution >= 4 is 35.1 Å².